The predicted octanol–water partition coefficient (Wildman–Crippen LogP) is 5.32. The van der Waals surface area contributed by atoms with E-state index in [2.05, 4.69) is 15.3 Å². The molecule has 0 bridgehead atoms. The molecule has 3 heterocycles. The van der Waals surface area contributed by atoms with Crippen LogP contribution in [0.4, 0.5) is 13.2 Å². The Labute approximate surface area is 248 Å². The molecule has 1 aliphatic rings. The van der Waals surface area contributed by atoms with Gasteiger partial charge in [0.15, 0.2) is 0 Å². The highest BCUT2D eigenvalue weighted by Gasteiger charge is 2.30. The van der Waals surface area contributed by atoms with Crippen LogP contribution in [-0.4, -0.2) is 38.1 Å². The second-order valence-corrected chi connectivity index (χ2v) is 10.2. The van der Waals surface area contributed by atoms with Crippen molar-refractivity contribution in [2.24, 2.45) is 0 Å². The minimum atomic E-state index is -1.15. The van der Waals surface area contributed by atoms with Crippen LogP contribution < -0.4 is 10.1 Å². The van der Waals surface area contributed by atoms with Gasteiger partial charge in [-0.2, -0.15) is 5.26 Å². The summed E-state index contributed by atoms with van der Waals surface area (Å²) in [6, 6.07) is 16.0. The van der Waals surface area contributed by atoms with E-state index in [0.29, 0.717) is 24.0 Å². The fraction of sp³-hybridized carbons (Fsp3) is 0.156. The summed E-state index contributed by atoms with van der Waals surface area (Å²) >= 11 is 0. The molecule has 1 amide bonds. The van der Waals surface area contributed by atoms with Crippen LogP contribution in [0.5, 0.6) is 5.88 Å². The molecule has 3 aromatic carbocycles. The lowest BCUT2D eigenvalue weighted by Crippen LogP contribution is -2.23. The maximum atomic E-state index is 15.5. The molecule has 0 radical (unpaired) electrons. The summed E-state index contributed by atoms with van der Waals surface area (Å²) in [7, 11) is 0. The molecular weight excluding hydrogens is 575 g/mol. The van der Waals surface area contributed by atoms with Crippen LogP contribution in [-0.2, 0) is 17.8 Å². The number of fused-ring (bicyclic) bond motifs is 1. The van der Waals surface area contributed by atoms with Crippen molar-refractivity contribution < 1.29 is 32.6 Å². The number of aromatic carboxylic acids is 1. The van der Waals surface area contributed by atoms with Crippen molar-refractivity contribution in [3.8, 4) is 23.2 Å². The van der Waals surface area contributed by atoms with Crippen LogP contribution in [0.3, 0.4) is 0 Å². The quantitative estimate of drug-likeness (QED) is 0.248. The molecular formula is C32H22F3N5O4. The Kier molecular flexibility index (Phi) is 7.45. The maximum absolute atomic E-state index is 15.5. The van der Waals surface area contributed by atoms with E-state index in [1.54, 1.807) is 10.6 Å². The van der Waals surface area contributed by atoms with Crippen LogP contribution in [0, 0.1) is 28.8 Å². The van der Waals surface area contributed by atoms with Crippen LogP contribution >= 0.6 is 0 Å². The highest BCUT2D eigenvalue weighted by Crippen LogP contribution is 2.31. The number of imidazole rings is 1. The first kappa shape index (κ1) is 28.4. The van der Waals surface area contributed by atoms with Crippen LogP contribution in [0.1, 0.15) is 45.3 Å². The number of pyridine rings is 1. The number of amides is 1. The van der Waals surface area contributed by atoms with E-state index in [0.717, 1.165) is 18.2 Å². The number of carbonyl (C=O) groups excluding carboxylic acids is 1. The molecule has 1 aliphatic heterocycles. The van der Waals surface area contributed by atoms with Crippen molar-refractivity contribution in [1.82, 2.24) is 19.9 Å². The molecule has 6 rings (SSSR count). The third kappa shape index (κ3) is 5.43. The van der Waals surface area contributed by atoms with Gasteiger partial charge >= 0.3 is 5.97 Å². The zero-order valence-corrected chi connectivity index (χ0v) is 22.9. The molecule has 1 saturated heterocycles. The number of hydrogen-bond acceptors (Lipinski definition) is 6. The maximum Gasteiger partial charge on any atom is 0.335 e. The average molecular weight is 598 g/mol. The van der Waals surface area contributed by atoms with Gasteiger partial charge in [0.25, 0.3) is 0 Å². The van der Waals surface area contributed by atoms with Crippen molar-refractivity contribution >= 4 is 22.9 Å². The van der Waals surface area contributed by atoms with Gasteiger partial charge in [0.2, 0.25) is 11.8 Å². The second kappa shape index (κ2) is 11.5. The van der Waals surface area contributed by atoms with Gasteiger partial charge in [-0.1, -0.05) is 12.1 Å². The smallest absolute Gasteiger partial charge is 0.335 e. The van der Waals surface area contributed by atoms with Crippen molar-refractivity contribution in [2.75, 3.05) is 6.54 Å². The molecule has 220 valence electrons. The van der Waals surface area contributed by atoms with E-state index in [1.807, 2.05) is 6.07 Å². The summed E-state index contributed by atoms with van der Waals surface area (Å²) < 4.78 is 52.3. The molecule has 44 heavy (non-hydrogen) atoms. The topological polar surface area (TPSA) is 130 Å². The van der Waals surface area contributed by atoms with Crippen molar-refractivity contribution in [3.05, 3.63) is 112 Å². The number of benzene rings is 3. The number of hydrogen-bond donors (Lipinski definition) is 2. The predicted molar refractivity (Wildman–Crippen MR) is 151 cm³/mol. The molecule has 12 heteroatoms. The van der Waals surface area contributed by atoms with Crippen LogP contribution in [0.15, 0.2) is 66.7 Å². The first-order valence-corrected chi connectivity index (χ1v) is 13.5. The molecule has 0 aliphatic carbocycles. The first-order chi connectivity index (χ1) is 21.2. The van der Waals surface area contributed by atoms with Gasteiger partial charge in [0.05, 0.1) is 33.9 Å². The number of rotatable bonds is 8. The fourth-order valence-corrected chi connectivity index (χ4v) is 5.20. The average Bonchev–Trinajstić information content (AvgIpc) is 3.59. The van der Waals surface area contributed by atoms with E-state index >= 15 is 8.78 Å². The van der Waals surface area contributed by atoms with Gasteiger partial charge in [-0.25, -0.2) is 27.9 Å². The Morgan fingerprint density at radius 2 is 1.84 bits per heavy atom. The molecule has 0 spiro atoms. The Bertz CT molecular complexity index is 2000. The molecule has 2 N–H and O–H groups in total. The number of nitriles is 1. The Balaban J connectivity index is 1.29. The molecule has 0 saturated carbocycles. The van der Waals surface area contributed by atoms with Crippen molar-refractivity contribution in [3.63, 3.8) is 0 Å². The Morgan fingerprint density at radius 3 is 2.57 bits per heavy atom. The number of nitrogens with zero attached hydrogens (tertiary/aromatic N) is 4. The van der Waals surface area contributed by atoms with E-state index in [1.165, 1.54) is 42.5 Å². The summed E-state index contributed by atoms with van der Waals surface area (Å²) in [5, 5.41) is 21.1. The lowest BCUT2D eigenvalue weighted by atomic mass is 10.0. The molecule has 1 atom stereocenters. The summed E-state index contributed by atoms with van der Waals surface area (Å²) in [6.45, 7) is 0.217. The number of ether oxygens (including phenoxy) is 1. The monoisotopic (exact) mass is 597 g/mol. The highest BCUT2D eigenvalue weighted by atomic mass is 19.1. The number of halogens is 3. The molecule has 2 aromatic heterocycles. The minimum absolute atomic E-state index is 0.00549. The lowest BCUT2D eigenvalue weighted by Gasteiger charge is -2.15. The van der Waals surface area contributed by atoms with E-state index in [9.17, 15) is 19.1 Å². The summed E-state index contributed by atoms with van der Waals surface area (Å²) in [6.07, 6.45) is 0.253. The normalized spacial score (nSPS) is 14.4. The molecule has 9 nitrogen and oxygen atoms in total. The fourth-order valence-electron chi connectivity index (χ4n) is 5.20. The van der Waals surface area contributed by atoms with Crippen LogP contribution in [0.2, 0.25) is 0 Å². The molecule has 5 aromatic rings. The first-order valence-electron chi connectivity index (χ1n) is 13.5. The largest absolute Gasteiger partial charge is 0.478 e. The van der Waals surface area contributed by atoms with Gasteiger partial charge in [-0.3, -0.25) is 4.79 Å². The minimum Gasteiger partial charge on any atom is -0.478 e. The number of carbonyl (C=O) groups is 2. The summed E-state index contributed by atoms with van der Waals surface area (Å²) in [5.74, 6) is -3.21. The number of aromatic nitrogens is 3. The van der Waals surface area contributed by atoms with Gasteiger partial charge in [0.1, 0.15) is 35.9 Å². The molecule has 1 unspecified atom stereocenters. The summed E-state index contributed by atoms with van der Waals surface area (Å²) in [4.78, 5) is 33.0. The zero-order chi connectivity index (χ0) is 31.0. The SMILES string of the molecule is N#Cc1ccc(COc2cccc(-c3cc(F)c(Cc4nc5ccc(C(=O)O)cc5n4C4CCNC4=O)cc3F)n2)c(F)c1. The Morgan fingerprint density at radius 1 is 1.02 bits per heavy atom. The number of nitrogens with one attached hydrogen (secondary N) is 1. The van der Waals surface area contributed by atoms with E-state index < -0.39 is 29.5 Å². The van der Waals surface area contributed by atoms with Crippen molar-refractivity contribution in [1.29, 1.82) is 5.26 Å². The third-order valence-electron chi connectivity index (χ3n) is 7.38. The van der Waals surface area contributed by atoms with E-state index in [-0.39, 0.29) is 64.2 Å². The standard InChI is InChI=1S/C32H22F3N5O4/c33-22-10-17(15-36)4-5-19(22)16-44-30-3-1-2-25(39-30)21-14-23(34)20(11-24(21)35)13-29-38-26-7-6-18(32(42)43)12-28(26)40(29)27-8-9-37-31(27)41/h1-7,10-12,14,27H,8-9,13,16H2,(H,37,41)(H,42,43). The Hall–Kier alpha value is -5.70. The number of carboxylic acids is 1. The van der Waals surface area contributed by atoms with Crippen molar-refractivity contribution in [2.45, 2.75) is 25.5 Å². The van der Waals surface area contributed by atoms with Gasteiger partial charge in [-0.15, -0.1) is 0 Å². The number of carboxylic acid groups (broad SMARTS) is 1. The highest BCUT2D eigenvalue weighted by molar-refractivity contribution is 5.93. The van der Waals surface area contributed by atoms with Crippen LogP contribution in [0.25, 0.3) is 22.3 Å². The summed E-state index contributed by atoms with van der Waals surface area (Å²) in [5.41, 5.74) is 1.12. The van der Waals surface area contributed by atoms with Gasteiger partial charge in [-0.05, 0) is 60.5 Å². The third-order valence-corrected chi connectivity index (χ3v) is 7.38. The zero-order valence-electron chi connectivity index (χ0n) is 22.9. The van der Waals surface area contributed by atoms with Gasteiger partial charge in [0, 0.05) is 30.2 Å². The second-order valence-electron chi connectivity index (χ2n) is 10.2. The lowest BCUT2D eigenvalue weighted by molar-refractivity contribution is -0.121. The molecule has 1 fully saturated rings. The van der Waals surface area contributed by atoms with Gasteiger partial charge < -0.3 is 19.7 Å². The van der Waals surface area contributed by atoms with E-state index in [4.69, 9.17) is 10.00 Å².